The molecule has 2 N–H and O–H groups in total. The Bertz CT molecular complexity index is 412. The van der Waals surface area contributed by atoms with Crippen LogP contribution >= 0.6 is 15.9 Å². The summed E-state index contributed by atoms with van der Waals surface area (Å²) >= 11 is 3.51. The number of halogens is 1. The second-order valence-electron chi connectivity index (χ2n) is 5.15. The van der Waals surface area contributed by atoms with Crippen LogP contribution < -0.4 is 10.6 Å². The fraction of sp³-hybridized carbons (Fsp3) is 0.571. The highest BCUT2D eigenvalue weighted by molar-refractivity contribution is 9.10. The molecule has 0 aromatic heterocycles. The topological polar surface area (TPSA) is 38.5 Å². The van der Waals surface area contributed by atoms with Crippen molar-refractivity contribution in [3.63, 3.8) is 0 Å². The lowest BCUT2D eigenvalue weighted by atomic mass is 10.0. The lowest BCUT2D eigenvalue weighted by molar-refractivity contribution is -0.00527. The number of anilines is 1. The molecule has 0 saturated carbocycles. The summed E-state index contributed by atoms with van der Waals surface area (Å²) < 4.78 is 6.86. The molecule has 1 saturated heterocycles. The van der Waals surface area contributed by atoms with Crippen molar-refractivity contribution in [3.8, 4) is 0 Å². The monoisotopic (exact) mass is 312 g/mol. The average Bonchev–Trinajstić information content (AvgIpc) is 2.27. The van der Waals surface area contributed by atoms with E-state index in [9.17, 15) is 0 Å². The molecule has 1 unspecified atom stereocenters. The van der Waals surface area contributed by atoms with E-state index in [1.807, 2.05) is 6.92 Å². The Hall–Kier alpha value is -0.580. The van der Waals surface area contributed by atoms with Gasteiger partial charge in [0.05, 0.1) is 12.2 Å². The summed E-state index contributed by atoms with van der Waals surface area (Å²) in [6.07, 6.45) is 0.525. The van der Waals surface area contributed by atoms with Crippen molar-refractivity contribution in [3.05, 3.63) is 28.2 Å². The predicted molar refractivity (Wildman–Crippen MR) is 79.0 cm³/mol. The van der Waals surface area contributed by atoms with Gasteiger partial charge in [-0.1, -0.05) is 15.9 Å². The zero-order valence-corrected chi connectivity index (χ0v) is 12.8. The number of morpholine rings is 1. The molecular formula is C14H21BrN2O. The number of benzene rings is 1. The smallest absolute Gasteiger partial charge is 0.0726 e. The number of hydrogen-bond acceptors (Lipinski definition) is 3. The van der Waals surface area contributed by atoms with Crippen LogP contribution in [0.2, 0.25) is 0 Å². The van der Waals surface area contributed by atoms with Gasteiger partial charge < -0.3 is 15.4 Å². The van der Waals surface area contributed by atoms with Crippen molar-refractivity contribution in [2.45, 2.75) is 39.0 Å². The van der Waals surface area contributed by atoms with E-state index < -0.39 is 0 Å². The average molecular weight is 313 g/mol. The quantitative estimate of drug-likeness (QED) is 0.912. The van der Waals surface area contributed by atoms with Gasteiger partial charge in [0.15, 0.2) is 0 Å². The van der Waals surface area contributed by atoms with Gasteiger partial charge in [0.25, 0.3) is 0 Å². The second kappa shape index (κ2) is 5.59. The Balaban J connectivity index is 2.32. The molecule has 1 aliphatic rings. The van der Waals surface area contributed by atoms with E-state index >= 15 is 0 Å². The first kappa shape index (κ1) is 13.8. The summed E-state index contributed by atoms with van der Waals surface area (Å²) in [5.74, 6) is 0. The van der Waals surface area contributed by atoms with Gasteiger partial charge in [0, 0.05) is 29.3 Å². The summed E-state index contributed by atoms with van der Waals surface area (Å²) in [5, 5.41) is 0. The summed E-state index contributed by atoms with van der Waals surface area (Å²) in [5.41, 5.74) is 8.50. The molecule has 0 spiro atoms. The van der Waals surface area contributed by atoms with E-state index in [0.717, 1.165) is 17.6 Å². The lowest BCUT2D eigenvalue weighted by Gasteiger charge is -2.38. The van der Waals surface area contributed by atoms with Crippen molar-refractivity contribution < 1.29 is 4.74 Å². The molecule has 1 aromatic rings. The zero-order chi connectivity index (χ0) is 13.3. The minimum atomic E-state index is 0.0333. The molecule has 4 heteroatoms. The van der Waals surface area contributed by atoms with Crippen molar-refractivity contribution in [1.82, 2.24) is 0 Å². The second-order valence-corrected chi connectivity index (χ2v) is 6.07. The van der Waals surface area contributed by atoms with Crippen molar-refractivity contribution in [2.24, 2.45) is 5.73 Å². The highest BCUT2D eigenvalue weighted by Gasteiger charge is 2.24. The van der Waals surface area contributed by atoms with Gasteiger partial charge in [-0.15, -0.1) is 0 Å². The minimum absolute atomic E-state index is 0.0333. The molecule has 1 fully saturated rings. The molecule has 18 heavy (non-hydrogen) atoms. The van der Waals surface area contributed by atoms with E-state index in [4.69, 9.17) is 10.5 Å². The van der Waals surface area contributed by atoms with Crippen molar-refractivity contribution in [1.29, 1.82) is 0 Å². The molecule has 0 bridgehead atoms. The van der Waals surface area contributed by atoms with Crippen LogP contribution in [0.4, 0.5) is 5.69 Å². The third-order valence-corrected chi connectivity index (χ3v) is 3.73. The third kappa shape index (κ3) is 3.05. The Labute approximate surface area is 117 Å². The Morgan fingerprint density at radius 1 is 1.33 bits per heavy atom. The molecule has 3 nitrogen and oxygen atoms in total. The molecule has 1 heterocycles. The van der Waals surface area contributed by atoms with Gasteiger partial charge in [0.1, 0.15) is 0 Å². The fourth-order valence-electron chi connectivity index (χ4n) is 2.55. The van der Waals surface area contributed by atoms with Crippen molar-refractivity contribution in [2.75, 3.05) is 18.0 Å². The molecule has 2 rings (SSSR count). The third-order valence-electron chi connectivity index (χ3n) is 3.24. The maximum atomic E-state index is 6.08. The molecule has 100 valence electrons. The Morgan fingerprint density at radius 2 is 1.94 bits per heavy atom. The van der Waals surface area contributed by atoms with E-state index in [1.165, 1.54) is 11.3 Å². The van der Waals surface area contributed by atoms with Gasteiger partial charge in [0.2, 0.25) is 0 Å². The first-order chi connectivity index (χ1) is 8.47. The normalized spacial score (nSPS) is 26.2. The Morgan fingerprint density at radius 3 is 2.50 bits per heavy atom. The van der Waals surface area contributed by atoms with Gasteiger partial charge in [-0.2, -0.15) is 0 Å². The van der Waals surface area contributed by atoms with Crippen molar-refractivity contribution >= 4 is 21.6 Å². The molecule has 0 amide bonds. The lowest BCUT2D eigenvalue weighted by Crippen LogP contribution is -2.46. The summed E-state index contributed by atoms with van der Waals surface area (Å²) in [6, 6.07) is 6.37. The largest absolute Gasteiger partial charge is 0.372 e. The van der Waals surface area contributed by atoms with Crippen LogP contribution in [0.25, 0.3) is 0 Å². The maximum absolute atomic E-state index is 6.08. The zero-order valence-electron chi connectivity index (χ0n) is 11.2. The number of nitrogens with two attached hydrogens (primary N) is 1. The standard InChI is InChI=1S/C14H21BrN2O/c1-9-7-17(8-10(2)18-9)14-5-4-12(15)6-13(14)11(3)16/h4-6,9-11H,7-8,16H2,1-3H3/t9-,10+,11?. The molecular weight excluding hydrogens is 292 g/mol. The van der Waals surface area contributed by atoms with Gasteiger partial charge in [-0.3, -0.25) is 0 Å². The van der Waals surface area contributed by atoms with Crippen LogP contribution in [-0.2, 0) is 4.74 Å². The van der Waals surface area contributed by atoms with Crippen LogP contribution in [0.3, 0.4) is 0 Å². The number of rotatable bonds is 2. The number of nitrogens with zero attached hydrogens (tertiary/aromatic N) is 1. The number of hydrogen-bond donors (Lipinski definition) is 1. The van der Waals surface area contributed by atoms with Gasteiger partial charge in [-0.25, -0.2) is 0 Å². The SMILES string of the molecule is CC(N)c1cc(Br)ccc1N1C[C@@H](C)O[C@@H](C)C1. The van der Waals surface area contributed by atoms with E-state index in [0.29, 0.717) is 0 Å². The first-order valence-electron chi connectivity index (χ1n) is 6.43. The Kier molecular flexibility index (Phi) is 4.30. The number of ether oxygens (including phenoxy) is 1. The highest BCUT2D eigenvalue weighted by atomic mass is 79.9. The predicted octanol–water partition coefficient (Wildman–Crippen LogP) is 3.08. The molecule has 1 aliphatic heterocycles. The fourth-order valence-corrected chi connectivity index (χ4v) is 2.93. The van der Waals surface area contributed by atoms with E-state index in [1.54, 1.807) is 0 Å². The molecule has 0 aliphatic carbocycles. The summed E-state index contributed by atoms with van der Waals surface area (Å²) in [4.78, 5) is 2.38. The van der Waals surface area contributed by atoms with Crippen LogP contribution in [0.5, 0.6) is 0 Å². The van der Waals surface area contributed by atoms with Crippen LogP contribution in [0.1, 0.15) is 32.4 Å². The molecule has 1 aromatic carbocycles. The highest BCUT2D eigenvalue weighted by Crippen LogP contribution is 2.30. The summed E-state index contributed by atoms with van der Waals surface area (Å²) in [7, 11) is 0. The molecule has 3 atom stereocenters. The van der Waals surface area contributed by atoms with Crippen LogP contribution in [0, 0.1) is 0 Å². The van der Waals surface area contributed by atoms with Crippen LogP contribution in [-0.4, -0.2) is 25.3 Å². The minimum Gasteiger partial charge on any atom is -0.372 e. The first-order valence-corrected chi connectivity index (χ1v) is 7.22. The maximum Gasteiger partial charge on any atom is 0.0726 e. The summed E-state index contributed by atoms with van der Waals surface area (Å²) in [6.45, 7) is 8.11. The van der Waals surface area contributed by atoms with Gasteiger partial charge in [-0.05, 0) is 44.5 Å². The van der Waals surface area contributed by atoms with Crippen LogP contribution in [0.15, 0.2) is 22.7 Å². The van der Waals surface area contributed by atoms with E-state index in [-0.39, 0.29) is 18.2 Å². The molecule has 0 radical (unpaired) electrons. The van der Waals surface area contributed by atoms with E-state index in [2.05, 4.69) is 52.9 Å². The van der Waals surface area contributed by atoms with Gasteiger partial charge >= 0.3 is 0 Å².